The van der Waals surface area contributed by atoms with Crippen molar-refractivity contribution in [1.29, 1.82) is 0 Å². The molecule has 0 amide bonds. The van der Waals surface area contributed by atoms with Crippen LogP contribution in [0.3, 0.4) is 0 Å². The summed E-state index contributed by atoms with van der Waals surface area (Å²) in [6.07, 6.45) is 6.49. The van der Waals surface area contributed by atoms with Gasteiger partial charge in [-0.1, -0.05) is 26.7 Å². The summed E-state index contributed by atoms with van der Waals surface area (Å²) in [5.74, 6) is 0.446. The van der Waals surface area contributed by atoms with Gasteiger partial charge in [0.15, 0.2) is 17.7 Å². The molecule has 1 fully saturated rings. The Morgan fingerprint density at radius 2 is 2.03 bits per heavy atom. The summed E-state index contributed by atoms with van der Waals surface area (Å²) in [4.78, 5) is 15.2. The molecular formula is C19H29ClN6O3. The van der Waals surface area contributed by atoms with Crippen molar-refractivity contribution in [3.8, 4) is 0 Å². The van der Waals surface area contributed by atoms with E-state index in [1.165, 1.54) is 0 Å². The molecule has 0 aromatic carbocycles. The summed E-state index contributed by atoms with van der Waals surface area (Å²) >= 11 is 6.08. The smallest absolute Gasteiger partial charge is 0.226 e. The Kier molecular flexibility index (Phi) is 7.77. The van der Waals surface area contributed by atoms with Crippen LogP contribution in [-0.2, 0) is 4.74 Å². The molecule has 1 aliphatic heterocycles. The van der Waals surface area contributed by atoms with E-state index in [1.807, 2.05) is 6.34 Å². The highest BCUT2D eigenvalue weighted by atomic mass is 35.5. The number of aliphatic hydroxyl groups is 2. The molecule has 10 heteroatoms. The highest BCUT2D eigenvalue weighted by Gasteiger charge is 2.35. The number of unbranched alkanes of at least 4 members (excludes halogenated alkanes) is 2. The number of fused-ring (bicyclic) bond motifs is 1. The van der Waals surface area contributed by atoms with Crippen LogP contribution in [0.2, 0.25) is 5.28 Å². The fraction of sp³-hybridized carbons (Fsp3) is 0.684. The molecule has 2 aromatic heterocycles. The maximum Gasteiger partial charge on any atom is 0.226 e. The largest absolute Gasteiger partial charge is 0.394 e. The van der Waals surface area contributed by atoms with E-state index in [2.05, 4.69) is 38.8 Å². The van der Waals surface area contributed by atoms with Crippen LogP contribution in [0.15, 0.2) is 11.2 Å². The van der Waals surface area contributed by atoms with Crippen molar-refractivity contribution in [2.24, 2.45) is 4.99 Å². The normalized spacial score (nSPS) is 22.2. The first-order valence-electron chi connectivity index (χ1n) is 10.2. The molecule has 0 aliphatic carbocycles. The number of hydrogen-bond acceptors (Lipinski definition) is 7. The van der Waals surface area contributed by atoms with E-state index in [1.54, 1.807) is 10.9 Å². The third kappa shape index (κ3) is 5.42. The van der Waals surface area contributed by atoms with Crippen molar-refractivity contribution >= 4 is 34.8 Å². The number of hydrogen-bond donors (Lipinski definition) is 2. The van der Waals surface area contributed by atoms with Crippen LogP contribution in [0, 0.1) is 0 Å². The predicted molar refractivity (Wildman–Crippen MR) is 111 cm³/mol. The van der Waals surface area contributed by atoms with Gasteiger partial charge in [0.25, 0.3) is 0 Å². The van der Waals surface area contributed by atoms with E-state index in [4.69, 9.17) is 16.3 Å². The topological polar surface area (TPSA) is 109 Å². The Morgan fingerprint density at radius 1 is 1.31 bits per heavy atom. The van der Waals surface area contributed by atoms with Crippen LogP contribution in [-0.4, -0.2) is 73.1 Å². The van der Waals surface area contributed by atoms with Gasteiger partial charge in [-0.25, -0.2) is 9.67 Å². The Balaban J connectivity index is 1.84. The van der Waals surface area contributed by atoms with Crippen LogP contribution in [0.1, 0.15) is 52.2 Å². The van der Waals surface area contributed by atoms with E-state index in [9.17, 15) is 10.2 Å². The summed E-state index contributed by atoms with van der Waals surface area (Å²) in [5, 5.41) is 24.4. The highest BCUT2D eigenvalue weighted by Crippen LogP contribution is 2.31. The summed E-state index contributed by atoms with van der Waals surface area (Å²) in [7, 11) is 0. The predicted octanol–water partition coefficient (Wildman–Crippen LogP) is 2.68. The van der Waals surface area contributed by atoms with Crippen LogP contribution in [0.25, 0.3) is 11.0 Å². The fourth-order valence-electron chi connectivity index (χ4n) is 3.26. The first-order valence-corrected chi connectivity index (χ1v) is 10.6. The van der Waals surface area contributed by atoms with Gasteiger partial charge >= 0.3 is 0 Å². The zero-order valence-electron chi connectivity index (χ0n) is 16.9. The second kappa shape index (κ2) is 10.3. The molecular weight excluding hydrogens is 396 g/mol. The summed E-state index contributed by atoms with van der Waals surface area (Å²) < 4.78 is 7.25. The number of halogens is 1. The van der Waals surface area contributed by atoms with Crippen molar-refractivity contribution in [1.82, 2.24) is 24.6 Å². The zero-order chi connectivity index (χ0) is 20.8. The zero-order valence-corrected chi connectivity index (χ0v) is 17.7. The maximum atomic E-state index is 9.98. The molecule has 160 valence electrons. The van der Waals surface area contributed by atoms with E-state index in [-0.39, 0.29) is 11.9 Å². The minimum Gasteiger partial charge on any atom is -0.394 e. The van der Waals surface area contributed by atoms with Crippen molar-refractivity contribution < 1.29 is 14.9 Å². The molecule has 0 saturated carbocycles. The Hall–Kier alpha value is -1.81. The Bertz CT molecular complexity index is 822. The number of nitrogens with zero attached hydrogens (tertiary/aromatic N) is 6. The van der Waals surface area contributed by atoms with Gasteiger partial charge in [-0.15, -0.1) is 5.10 Å². The second-order valence-electron chi connectivity index (χ2n) is 7.27. The SMILES string of the molecule is CCCCN(C=Nc1nc(Cl)nc2nn([C@H]3C[C@H](O)[C@@H](CO)O3)cc12)CCCC. The van der Waals surface area contributed by atoms with Crippen molar-refractivity contribution in [2.45, 2.75) is 64.4 Å². The molecule has 3 rings (SSSR count). The van der Waals surface area contributed by atoms with Crippen LogP contribution < -0.4 is 0 Å². The van der Waals surface area contributed by atoms with Crippen molar-refractivity contribution in [3.05, 3.63) is 11.5 Å². The lowest BCUT2D eigenvalue weighted by Crippen LogP contribution is -2.24. The third-order valence-electron chi connectivity index (χ3n) is 4.97. The lowest BCUT2D eigenvalue weighted by Gasteiger charge is -2.18. The molecule has 2 aromatic rings. The lowest BCUT2D eigenvalue weighted by molar-refractivity contribution is -0.0482. The standard InChI is InChI=1S/C19H29ClN6O3/c1-3-5-7-25(8-6-4-2)12-21-17-13-10-26(24-18(13)23-19(20)22-17)16-9-14(28)15(11-27)29-16/h10,12,14-16,27-28H,3-9,11H2,1-2H3/t14-,15+,16+/m0/s1. The van der Waals surface area contributed by atoms with Crippen LogP contribution >= 0.6 is 11.6 Å². The second-order valence-corrected chi connectivity index (χ2v) is 7.60. The molecule has 0 unspecified atom stereocenters. The number of ether oxygens (including phenoxy) is 1. The van der Waals surface area contributed by atoms with E-state index in [0.29, 0.717) is 23.3 Å². The first kappa shape index (κ1) is 21.9. The molecule has 9 nitrogen and oxygen atoms in total. The summed E-state index contributed by atoms with van der Waals surface area (Å²) in [6, 6.07) is 0. The number of aliphatic hydroxyl groups excluding tert-OH is 2. The van der Waals surface area contributed by atoms with Crippen molar-refractivity contribution in [3.63, 3.8) is 0 Å². The van der Waals surface area contributed by atoms with Gasteiger partial charge in [0, 0.05) is 25.7 Å². The molecule has 2 N–H and O–H groups in total. The van der Waals surface area contributed by atoms with Gasteiger partial charge < -0.3 is 19.8 Å². The molecule has 1 aliphatic rings. The summed E-state index contributed by atoms with van der Waals surface area (Å²) in [5.41, 5.74) is 0.413. The molecule has 0 bridgehead atoms. The van der Waals surface area contributed by atoms with Gasteiger partial charge in [0.2, 0.25) is 5.28 Å². The average Bonchev–Trinajstić information content (AvgIpc) is 3.30. The molecule has 1 saturated heterocycles. The third-order valence-corrected chi connectivity index (χ3v) is 5.14. The molecule has 3 atom stereocenters. The summed E-state index contributed by atoms with van der Waals surface area (Å²) in [6.45, 7) is 5.97. The van der Waals surface area contributed by atoms with E-state index in [0.717, 1.165) is 38.8 Å². The van der Waals surface area contributed by atoms with Crippen LogP contribution in [0.4, 0.5) is 5.82 Å². The number of aromatic nitrogens is 4. The van der Waals surface area contributed by atoms with E-state index >= 15 is 0 Å². The minimum atomic E-state index is -0.741. The molecule has 0 spiro atoms. The van der Waals surface area contributed by atoms with Gasteiger partial charge in [0.1, 0.15) is 6.10 Å². The lowest BCUT2D eigenvalue weighted by atomic mass is 10.2. The first-order chi connectivity index (χ1) is 14.0. The van der Waals surface area contributed by atoms with Gasteiger partial charge in [-0.2, -0.15) is 9.97 Å². The van der Waals surface area contributed by atoms with Crippen LogP contribution in [0.5, 0.6) is 0 Å². The Morgan fingerprint density at radius 3 is 2.66 bits per heavy atom. The maximum absolute atomic E-state index is 9.98. The quantitative estimate of drug-likeness (QED) is 0.343. The average molecular weight is 425 g/mol. The Labute approximate surface area is 175 Å². The number of rotatable bonds is 10. The number of aliphatic imine (C=N–C) groups is 1. The van der Waals surface area contributed by atoms with Gasteiger partial charge in [0.05, 0.1) is 24.4 Å². The molecule has 0 radical (unpaired) electrons. The van der Waals surface area contributed by atoms with E-state index < -0.39 is 18.4 Å². The molecule has 3 heterocycles. The van der Waals surface area contributed by atoms with Gasteiger partial charge in [-0.05, 0) is 24.4 Å². The fourth-order valence-corrected chi connectivity index (χ4v) is 3.42. The van der Waals surface area contributed by atoms with Crippen molar-refractivity contribution in [2.75, 3.05) is 19.7 Å². The highest BCUT2D eigenvalue weighted by molar-refractivity contribution is 6.28. The minimum absolute atomic E-state index is 0.0733. The molecule has 29 heavy (non-hydrogen) atoms. The van der Waals surface area contributed by atoms with Gasteiger partial charge in [-0.3, -0.25) is 0 Å². The monoisotopic (exact) mass is 424 g/mol.